The second kappa shape index (κ2) is 6.73. The quantitative estimate of drug-likeness (QED) is 0.918. The Labute approximate surface area is 124 Å². The lowest BCUT2D eigenvalue weighted by atomic mass is 10.0. The number of ether oxygens (including phenoxy) is 1. The molecule has 0 spiro atoms. The maximum Gasteiger partial charge on any atom is 0.125 e. The highest BCUT2D eigenvalue weighted by Gasteiger charge is 2.08. The maximum absolute atomic E-state index is 6.08. The zero-order valence-corrected chi connectivity index (χ0v) is 12.6. The molecule has 0 amide bonds. The van der Waals surface area contributed by atoms with Crippen LogP contribution in [0.25, 0.3) is 0 Å². The van der Waals surface area contributed by atoms with Gasteiger partial charge in [-0.1, -0.05) is 23.7 Å². The summed E-state index contributed by atoms with van der Waals surface area (Å²) in [6.07, 6.45) is 4.23. The monoisotopic (exact) mass is 290 g/mol. The summed E-state index contributed by atoms with van der Waals surface area (Å²) in [5.74, 6) is 0.915. The van der Waals surface area contributed by atoms with Crippen molar-refractivity contribution in [2.75, 3.05) is 6.54 Å². The van der Waals surface area contributed by atoms with Crippen molar-refractivity contribution in [1.82, 2.24) is 4.98 Å². The first-order chi connectivity index (χ1) is 9.61. The number of benzene rings is 1. The van der Waals surface area contributed by atoms with Crippen LogP contribution in [0.4, 0.5) is 0 Å². The van der Waals surface area contributed by atoms with E-state index in [9.17, 15) is 0 Å². The van der Waals surface area contributed by atoms with Crippen LogP contribution < -0.4 is 10.5 Å². The Bertz CT molecular complexity index is 576. The number of nitrogens with zero attached hydrogens (tertiary/aromatic N) is 1. The lowest BCUT2D eigenvalue weighted by molar-refractivity contribution is 0.302. The summed E-state index contributed by atoms with van der Waals surface area (Å²) in [7, 11) is 0. The van der Waals surface area contributed by atoms with Crippen LogP contribution in [0.15, 0.2) is 30.6 Å². The van der Waals surface area contributed by atoms with E-state index in [1.807, 2.05) is 6.07 Å². The molecular formula is C16H19ClN2O. The van der Waals surface area contributed by atoms with E-state index in [1.165, 1.54) is 5.56 Å². The van der Waals surface area contributed by atoms with Crippen LogP contribution in [0, 0.1) is 13.8 Å². The van der Waals surface area contributed by atoms with Gasteiger partial charge in [0.15, 0.2) is 0 Å². The molecule has 0 atom stereocenters. The number of aryl methyl sites for hydroxylation is 2. The molecule has 0 fully saturated rings. The number of pyridine rings is 1. The fraction of sp³-hybridized carbons (Fsp3) is 0.312. The number of hydrogen-bond acceptors (Lipinski definition) is 3. The second-order valence-corrected chi connectivity index (χ2v) is 5.26. The van der Waals surface area contributed by atoms with Crippen molar-refractivity contribution in [3.8, 4) is 5.75 Å². The summed E-state index contributed by atoms with van der Waals surface area (Å²) in [5.41, 5.74) is 10.0. The van der Waals surface area contributed by atoms with Crippen LogP contribution in [0.2, 0.25) is 5.02 Å². The van der Waals surface area contributed by atoms with Gasteiger partial charge in [-0.15, -0.1) is 0 Å². The van der Waals surface area contributed by atoms with Gasteiger partial charge in [0.1, 0.15) is 12.4 Å². The summed E-state index contributed by atoms with van der Waals surface area (Å²) < 4.78 is 5.92. The molecule has 0 saturated carbocycles. The average Bonchev–Trinajstić information content (AvgIpc) is 2.40. The number of nitrogens with two attached hydrogens (primary N) is 1. The Hall–Kier alpha value is -1.58. The van der Waals surface area contributed by atoms with E-state index in [4.69, 9.17) is 22.1 Å². The van der Waals surface area contributed by atoms with Crippen LogP contribution in [0.1, 0.15) is 22.3 Å². The Balaban J connectivity index is 2.16. The lowest BCUT2D eigenvalue weighted by Gasteiger charge is -2.14. The maximum atomic E-state index is 6.08. The molecule has 0 saturated heterocycles. The first kappa shape index (κ1) is 14.8. The highest BCUT2D eigenvalue weighted by Crippen LogP contribution is 2.26. The van der Waals surface area contributed by atoms with Gasteiger partial charge in [0.05, 0.1) is 5.02 Å². The lowest BCUT2D eigenvalue weighted by Crippen LogP contribution is -2.05. The normalized spacial score (nSPS) is 10.6. The standard InChI is InChI=1S/C16H19ClN2O/c1-11-7-13(3-5-18)8-12(2)16(11)20-10-14-4-6-19-9-15(14)17/h4,6-9H,3,5,10,18H2,1-2H3. The molecule has 4 heteroatoms. The largest absolute Gasteiger partial charge is 0.488 e. The fourth-order valence-corrected chi connectivity index (χ4v) is 2.42. The highest BCUT2D eigenvalue weighted by molar-refractivity contribution is 6.31. The van der Waals surface area contributed by atoms with Crippen molar-refractivity contribution in [2.24, 2.45) is 5.73 Å². The van der Waals surface area contributed by atoms with Crippen LogP contribution in [0.5, 0.6) is 5.75 Å². The third-order valence-electron chi connectivity index (χ3n) is 3.18. The number of hydrogen-bond donors (Lipinski definition) is 1. The summed E-state index contributed by atoms with van der Waals surface area (Å²) in [6.45, 7) is 5.21. The molecule has 106 valence electrons. The molecule has 0 aliphatic heterocycles. The molecule has 1 aromatic heterocycles. The van der Waals surface area contributed by atoms with Crippen LogP contribution >= 0.6 is 11.6 Å². The van der Waals surface area contributed by atoms with Gasteiger partial charge in [-0.2, -0.15) is 0 Å². The third-order valence-corrected chi connectivity index (χ3v) is 3.52. The summed E-state index contributed by atoms with van der Waals surface area (Å²) in [4.78, 5) is 3.97. The molecule has 1 aromatic carbocycles. The second-order valence-electron chi connectivity index (χ2n) is 4.85. The van der Waals surface area contributed by atoms with Gasteiger partial charge in [0, 0.05) is 18.0 Å². The molecule has 0 aliphatic rings. The fourth-order valence-electron chi connectivity index (χ4n) is 2.25. The van der Waals surface area contributed by atoms with E-state index >= 15 is 0 Å². The predicted molar refractivity (Wildman–Crippen MR) is 82.3 cm³/mol. The van der Waals surface area contributed by atoms with E-state index in [1.54, 1.807) is 12.4 Å². The molecule has 3 nitrogen and oxygen atoms in total. The minimum Gasteiger partial charge on any atom is -0.488 e. The smallest absolute Gasteiger partial charge is 0.125 e. The molecule has 20 heavy (non-hydrogen) atoms. The summed E-state index contributed by atoms with van der Waals surface area (Å²) >= 11 is 6.08. The van der Waals surface area contributed by atoms with Crippen LogP contribution in [0.3, 0.4) is 0 Å². The van der Waals surface area contributed by atoms with E-state index < -0.39 is 0 Å². The Morgan fingerprint density at radius 3 is 2.55 bits per heavy atom. The minimum atomic E-state index is 0.444. The summed E-state index contributed by atoms with van der Waals surface area (Å²) in [5, 5.41) is 0.627. The van der Waals surface area contributed by atoms with Crippen LogP contribution in [-0.4, -0.2) is 11.5 Å². The Morgan fingerprint density at radius 1 is 1.25 bits per heavy atom. The van der Waals surface area contributed by atoms with Gasteiger partial charge in [-0.3, -0.25) is 4.98 Å². The van der Waals surface area contributed by atoms with E-state index in [0.717, 1.165) is 28.9 Å². The van der Waals surface area contributed by atoms with E-state index in [-0.39, 0.29) is 0 Å². The topological polar surface area (TPSA) is 48.1 Å². The molecular weight excluding hydrogens is 272 g/mol. The SMILES string of the molecule is Cc1cc(CCN)cc(C)c1OCc1ccncc1Cl. The van der Waals surface area contributed by atoms with Gasteiger partial charge in [-0.25, -0.2) is 0 Å². The van der Waals surface area contributed by atoms with Gasteiger partial charge >= 0.3 is 0 Å². The van der Waals surface area contributed by atoms with Crippen molar-refractivity contribution < 1.29 is 4.74 Å². The average molecular weight is 291 g/mol. The molecule has 2 rings (SSSR count). The van der Waals surface area contributed by atoms with Crippen molar-refractivity contribution in [3.05, 3.63) is 57.9 Å². The Morgan fingerprint density at radius 2 is 1.95 bits per heavy atom. The molecule has 0 unspecified atom stereocenters. The molecule has 0 aliphatic carbocycles. The van der Waals surface area contributed by atoms with Crippen molar-refractivity contribution >= 4 is 11.6 Å². The molecule has 2 N–H and O–H groups in total. The highest BCUT2D eigenvalue weighted by atomic mass is 35.5. The number of halogens is 1. The first-order valence-corrected chi connectivity index (χ1v) is 7.01. The summed E-state index contributed by atoms with van der Waals surface area (Å²) in [6, 6.07) is 6.13. The molecule has 0 radical (unpaired) electrons. The number of aromatic nitrogens is 1. The minimum absolute atomic E-state index is 0.444. The first-order valence-electron chi connectivity index (χ1n) is 6.63. The van der Waals surface area contributed by atoms with E-state index in [0.29, 0.717) is 18.2 Å². The van der Waals surface area contributed by atoms with Crippen LogP contribution in [-0.2, 0) is 13.0 Å². The van der Waals surface area contributed by atoms with E-state index in [2.05, 4.69) is 31.0 Å². The molecule has 2 aromatic rings. The zero-order chi connectivity index (χ0) is 14.5. The third kappa shape index (κ3) is 3.50. The Kier molecular flexibility index (Phi) is 4.99. The number of rotatable bonds is 5. The van der Waals surface area contributed by atoms with Crippen molar-refractivity contribution in [1.29, 1.82) is 0 Å². The molecule has 1 heterocycles. The van der Waals surface area contributed by atoms with Gasteiger partial charge in [-0.05, 0) is 49.6 Å². The van der Waals surface area contributed by atoms with Crippen molar-refractivity contribution in [2.45, 2.75) is 26.9 Å². The molecule has 0 bridgehead atoms. The zero-order valence-electron chi connectivity index (χ0n) is 11.8. The predicted octanol–water partition coefficient (Wildman–Crippen LogP) is 3.43. The van der Waals surface area contributed by atoms with Gasteiger partial charge in [0.2, 0.25) is 0 Å². The van der Waals surface area contributed by atoms with Crippen molar-refractivity contribution in [3.63, 3.8) is 0 Å². The van der Waals surface area contributed by atoms with Gasteiger partial charge < -0.3 is 10.5 Å². The van der Waals surface area contributed by atoms with Gasteiger partial charge in [0.25, 0.3) is 0 Å².